The SMILES string of the molecule is CC1(C)[C@H](NC(=O)NCCc2cccc(F)c2F)[C@@H]2CCO[C@@H]21. The third-order valence-corrected chi connectivity index (χ3v) is 5.10. The Hall–Kier alpha value is -1.69. The monoisotopic (exact) mass is 324 g/mol. The Labute approximate surface area is 134 Å². The average Bonchev–Trinajstić information content (AvgIpc) is 2.96. The Morgan fingerprint density at radius 1 is 1.39 bits per heavy atom. The number of ether oxygens (including phenoxy) is 1. The maximum absolute atomic E-state index is 13.5. The van der Waals surface area contributed by atoms with Crippen molar-refractivity contribution in [1.82, 2.24) is 10.6 Å². The molecule has 1 heterocycles. The quantitative estimate of drug-likeness (QED) is 0.894. The van der Waals surface area contributed by atoms with Gasteiger partial charge in [-0.15, -0.1) is 0 Å². The van der Waals surface area contributed by atoms with Crippen molar-refractivity contribution in [3.05, 3.63) is 35.4 Å². The predicted molar refractivity (Wildman–Crippen MR) is 82.0 cm³/mol. The molecule has 0 radical (unpaired) electrons. The van der Waals surface area contributed by atoms with Gasteiger partial charge in [0.2, 0.25) is 0 Å². The minimum Gasteiger partial charge on any atom is -0.377 e. The fraction of sp³-hybridized carbons (Fsp3) is 0.588. The zero-order valence-corrected chi connectivity index (χ0v) is 13.4. The van der Waals surface area contributed by atoms with Gasteiger partial charge in [0.25, 0.3) is 0 Å². The smallest absolute Gasteiger partial charge is 0.315 e. The highest BCUT2D eigenvalue weighted by atomic mass is 19.2. The third kappa shape index (κ3) is 2.92. The number of halogens is 2. The lowest BCUT2D eigenvalue weighted by atomic mass is 9.57. The van der Waals surface area contributed by atoms with Gasteiger partial charge in [-0.2, -0.15) is 0 Å². The Kier molecular flexibility index (Phi) is 4.27. The summed E-state index contributed by atoms with van der Waals surface area (Å²) in [5.74, 6) is -1.34. The molecule has 0 spiro atoms. The van der Waals surface area contributed by atoms with Gasteiger partial charge >= 0.3 is 6.03 Å². The van der Waals surface area contributed by atoms with Crippen molar-refractivity contribution >= 4 is 6.03 Å². The van der Waals surface area contributed by atoms with Crippen molar-refractivity contribution in [1.29, 1.82) is 0 Å². The van der Waals surface area contributed by atoms with E-state index in [2.05, 4.69) is 24.5 Å². The van der Waals surface area contributed by atoms with Crippen molar-refractivity contribution in [3.8, 4) is 0 Å². The topological polar surface area (TPSA) is 50.4 Å². The number of carbonyl (C=O) groups is 1. The van der Waals surface area contributed by atoms with Crippen LogP contribution in [0.25, 0.3) is 0 Å². The number of hydrogen-bond donors (Lipinski definition) is 2. The average molecular weight is 324 g/mol. The van der Waals surface area contributed by atoms with E-state index in [-0.39, 0.29) is 42.1 Å². The van der Waals surface area contributed by atoms with Crippen LogP contribution in [0.2, 0.25) is 0 Å². The largest absolute Gasteiger partial charge is 0.377 e. The summed E-state index contributed by atoms with van der Waals surface area (Å²) < 4.78 is 32.3. The maximum Gasteiger partial charge on any atom is 0.315 e. The normalized spacial score (nSPS) is 27.9. The van der Waals surface area contributed by atoms with Gasteiger partial charge < -0.3 is 15.4 Å². The molecule has 126 valence electrons. The molecule has 1 aromatic carbocycles. The summed E-state index contributed by atoms with van der Waals surface area (Å²) in [6.07, 6.45) is 1.43. The molecule has 4 nitrogen and oxygen atoms in total. The Morgan fingerprint density at radius 3 is 2.96 bits per heavy atom. The number of benzene rings is 1. The van der Waals surface area contributed by atoms with Crippen molar-refractivity contribution in [2.45, 2.75) is 38.8 Å². The van der Waals surface area contributed by atoms with Crippen LogP contribution < -0.4 is 10.6 Å². The van der Waals surface area contributed by atoms with Crippen LogP contribution in [0.4, 0.5) is 13.6 Å². The van der Waals surface area contributed by atoms with Crippen molar-refractivity contribution < 1.29 is 18.3 Å². The van der Waals surface area contributed by atoms with Crippen LogP contribution in [-0.2, 0) is 11.2 Å². The summed E-state index contributed by atoms with van der Waals surface area (Å²) >= 11 is 0. The van der Waals surface area contributed by atoms with E-state index < -0.39 is 11.6 Å². The van der Waals surface area contributed by atoms with Crippen LogP contribution >= 0.6 is 0 Å². The molecule has 2 N–H and O–H groups in total. The standard InChI is InChI=1S/C17H22F2N2O2/c1-17(2)14(11-7-9-23-15(11)17)21-16(22)20-8-6-10-4-3-5-12(18)13(10)19/h3-5,11,14-15H,6-9H2,1-2H3,(H2,20,21,22)/t11-,14+,15-/m0/s1. The van der Waals surface area contributed by atoms with Crippen LogP contribution in [0.15, 0.2) is 18.2 Å². The molecule has 2 fully saturated rings. The molecule has 1 aliphatic carbocycles. The highest BCUT2D eigenvalue weighted by Gasteiger charge is 2.59. The van der Waals surface area contributed by atoms with Crippen LogP contribution in [0.3, 0.4) is 0 Å². The highest BCUT2D eigenvalue weighted by Crippen LogP contribution is 2.51. The van der Waals surface area contributed by atoms with Crippen LogP contribution in [0, 0.1) is 23.0 Å². The van der Waals surface area contributed by atoms with E-state index in [0.717, 1.165) is 19.1 Å². The van der Waals surface area contributed by atoms with Gasteiger partial charge in [0, 0.05) is 30.5 Å². The zero-order valence-electron chi connectivity index (χ0n) is 13.4. The van der Waals surface area contributed by atoms with Gasteiger partial charge in [0.15, 0.2) is 11.6 Å². The number of nitrogens with one attached hydrogen (secondary N) is 2. The lowest BCUT2D eigenvalue weighted by molar-refractivity contribution is -0.108. The highest BCUT2D eigenvalue weighted by molar-refractivity contribution is 5.74. The lowest BCUT2D eigenvalue weighted by Crippen LogP contribution is -2.67. The molecule has 6 heteroatoms. The minimum atomic E-state index is -0.865. The van der Waals surface area contributed by atoms with Gasteiger partial charge in [0.1, 0.15) is 0 Å². The van der Waals surface area contributed by atoms with Gasteiger partial charge in [-0.25, -0.2) is 13.6 Å². The molecular weight excluding hydrogens is 302 g/mol. The maximum atomic E-state index is 13.5. The molecule has 2 aliphatic rings. The van der Waals surface area contributed by atoms with E-state index in [1.807, 2.05) is 0 Å². The van der Waals surface area contributed by atoms with Crippen molar-refractivity contribution in [3.63, 3.8) is 0 Å². The van der Waals surface area contributed by atoms with Crippen molar-refractivity contribution in [2.24, 2.45) is 11.3 Å². The number of carbonyl (C=O) groups excluding carboxylic acids is 1. The molecular formula is C17H22F2N2O2. The first-order chi connectivity index (χ1) is 10.9. The fourth-order valence-electron chi connectivity index (χ4n) is 3.86. The van der Waals surface area contributed by atoms with Gasteiger partial charge in [-0.05, 0) is 24.5 Å². The number of rotatable bonds is 4. The number of amides is 2. The van der Waals surface area contributed by atoms with E-state index in [0.29, 0.717) is 5.92 Å². The summed E-state index contributed by atoms with van der Waals surface area (Å²) in [7, 11) is 0. The van der Waals surface area contributed by atoms with Crippen LogP contribution in [0.1, 0.15) is 25.8 Å². The molecule has 0 bridgehead atoms. The van der Waals surface area contributed by atoms with E-state index in [4.69, 9.17) is 4.74 Å². The molecule has 3 rings (SSSR count). The summed E-state index contributed by atoms with van der Waals surface area (Å²) in [5, 5.41) is 5.71. The first-order valence-corrected chi connectivity index (χ1v) is 8.00. The van der Waals surface area contributed by atoms with Gasteiger partial charge in [0.05, 0.1) is 6.10 Å². The van der Waals surface area contributed by atoms with E-state index in [9.17, 15) is 13.6 Å². The Bertz CT molecular complexity index is 606. The second-order valence-corrected chi connectivity index (χ2v) is 6.91. The summed E-state index contributed by atoms with van der Waals surface area (Å²) in [6.45, 7) is 5.18. The molecule has 1 aliphatic heterocycles. The Morgan fingerprint density at radius 2 is 2.17 bits per heavy atom. The second kappa shape index (κ2) is 6.07. The van der Waals surface area contributed by atoms with Gasteiger partial charge in [-0.1, -0.05) is 26.0 Å². The summed E-state index contributed by atoms with van der Waals surface area (Å²) in [6, 6.07) is 3.88. The Balaban J connectivity index is 1.48. The van der Waals surface area contributed by atoms with E-state index >= 15 is 0 Å². The van der Waals surface area contributed by atoms with Crippen LogP contribution in [0.5, 0.6) is 0 Å². The molecule has 1 saturated carbocycles. The van der Waals surface area contributed by atoms with Crippen LogP contribution in [-0.4, -0.2) is 31.3 Å². The lowest BCUT2D eigenvalue weighted by Gasteiger charge is -2.54. The van der Waals surface area contributed by atoms with Gasteiger partial charge in [-0.3, -0.25) is 0 Å². The third-order valence-electron chi connectivity index (χ3n) is 5.10. The molecule has 0 aromatic heterocycles. The number of hydrogen-bond acceptors (Lipinski definition) is 2. The molecule has 1 saturated heterocycles. The molecule has 2 amide bonds. The summed E-state index contributed by atoms with van der Waals surface area (Å²) in [5.41, 5.74) is 0.186. The number of fused-ring (bicyclic) bond motifs is 1. The first kappa shape index (κ1) is 16.2. The second-order valence-electron chi connectivity index (χ2n) is 6.91. The molecule has 23 heavy (non-hydrogen) atoms. The van der Waals surface area contributed by atoms with E-state index in [1.165, 1.54) is 12.1 Å². The fourth-order valence-corrected chi connectivity index (χ4v) is 3.86. The predicted octanol–water partition coefficient (Wildman–Crippen LogP) is 2.62. The minimum absolute atomic E-state index is 0.0762. The molecule has 0 unspecified atom stereocenters. The first-order valence-electron chi connectivity index (χ1n) is 8.00. The molecule has 1 aromatic rings. The molecule has 3 atom stereocenters. The zero-order chi connectivity index (χ0) is 16.6. The summed E-state index contributed by atoms with van der Waals surface area (Å²) in [4.78, 5) is 12.0. The number of urea groups is 1. The van der Waals surface area contributed by atoms with E-state index in [1.54, 1.807) is 0 Å². The van der Waals surface area contributed by atoms with Crippen molar-refractivity contribution in [2.75, 3.05) is 13.2 Å².